The van der Waals surface area contributed by atoms with Crippen LogP contribution in [0.5, 0.6) is 0 Å². The van der Waals surface area contributed by atoms with Gasteiger partial charge in [-0.05, 0) is 18.1 Å². The maximum atomic E-state index is 11.7. The van der Waals surface area contributed by atoms with Crippen molar-refractivity contribution in [1.82, 2.24) is 0 Å². The van der Waals surface area contributed by atoms with Gasteiger partial charge in [-0.15, -0.1) is 0 Å². The summed E-state index contributed by atoms with van der Waals surface area (Å²) in [6.07, 6.45) is 0. The standard InChI is InChI=1S/C12H27FO3Si/c1-12(2,3)17(4,5)16-11-10-15-9-8-14-7-6-13/h6-11H2,1-5H3. The summed E-state index contributed by atoms with van der Waals surface area (Å²) in [5.41, 5.74) is 0. The van der Waals surface area contributed by atoms with E-state index in [9.17, 15) is 4.39 Å². The molecule has 0 fully saturated rings. The van der Waals surface area contributed by atoms with E-state index in [1.807, 2.05) is 0 Å². The van der Waals surface area contributed by atoms with Gasteiger partial charge in [0.2, 0.25) is 0 Å². The molecule has 0 rings (SSSR count). The molecular formula is C12H27FO3Si. The van der Waals surface area contributed by atoms with Gasteiger partial charge >= 0.3 is 0 Å². The minimum Gasteiger partial charge on any atom is -0.414 e. The molecule has 104 valence electrons. The summed E-state index contributed by atoms with van der Waals surface area (Å²) in [5, 5.41) is 0.233. The first-order valence-electron chi connectivity index (χ1n) is 6.16. The lowest BCUT2D eigenvalue weighted by Gasteiger charge is -2.36. The van der Waals surface area contributed by atoms with Crippen LogP contribution < -0.4 is 0 Å². The number of alkyl halides is 1. The fourth-order valence-corrected chi connectivity index (χ4v) is 1.98. The summed E-state index contributed by atoms with van der Waals surface area (Å²) in [4.78, 5) is 0. The Morgan fingerprint density at radius 1 is 0.882 bits per heavy atom. The molecule has 3 nitrogen and oxygen atoms in total. The SMILES string of the molecule is CC(C)(C)[Si](C)(C)OCCOCCOCCF. The van der Waals surface area contributed by atoms with Gasteiger partial charge in [-0.3, -0.25) is 0 Å². The van der Waals surface area contributed by atoms with E-state index < -0.39 is 15.0 Å². The van der Waals surface area contributed by atoms with E-state index in [1.54, 1.807) is 0 Å². The maximum Gasteiger partial charge on any atom is 0.192 e. The molecule has 0 unspecified atom stereocenters. The fraction of sp³-hybridized carbons (Fsp3) is 1.00. The van der Waals surface area contributed by atoms with Crippen molar-refractivity contribution in [3.8, 4) is 0 Å². The third-order valence-corrected chi connectivity index (χ3v) is 7.63. The predicted octanol–water partition coefficient (Wildman–Crippen LogP) is 3.01. The van der Waals surface area contributed by atoms with Gasteiger partial charge in [0.25, 0.3) is 0 Å². The van der Waals surface area contributed by atoms with Crippen molar-refractivity contribution < 1.29 is 18.3 Å². The van der Waals surface area contributed by atoms with Gasteiger partial charge < -0.3 is 13.9 Å². The van der Waals surface area contributed by atoms with E-state index >= 15 is 0 Å². The Labute approximate surface area is 106 Å². The summed E-state index contributed by atoms with van der Waals surface area (Å²) in [7, 11) is -1.65. The van der Waals surface area contributed by atoms with Crippen molar-refractivity contribution >= 4 is 8.32 Å². The minimum atomic E-state index is -1.65. The lowest BCUT2D eigenvalue weighted by molar-refractivity contribution is 0.0309. The molecule has 0 amide bonds. The molecule has 0 aliphatic heterocycles. The quantitative estimate of drug-likeness (QED) is 0.474. The number of ether oxygens (including phenoxy) is 2. The number of hydrogen-bond acceptors (Lipinski definition) is 3. The molecule has 0 bridgehead atoms. The molecule has 0 aromatic heterocycles. The topological polar surface area (TPSA) is 27.7 Å². The Morgan fingerprint density at radius 3 is 1.82 bits per heavy atom. The van der Waals surface area contributed by atoms with Crippen LogP contribution in [0, 0.1) is 0 Å². The molecule has 0 radical (unpaired) electrons. The molecule has 0 N–H and O–H groups in total. The molecule has 0 aliphatic carbocycles. The van der Waals surface area contributed by atoms with Crippen LogP contribution in [0.4, 0.5) is 4.39 Å². The monoisotopic (exact) mass is 266 g/mol. The van der Waals surface area contributed by atoms with Gasteiger partial charge in [0.05, 0.1) is 33.0 Å². The zero-order valence-electron chi connectivity index (χ0n) is 11.8. The first-order valence-corrected chi connectivity index (χ1v) is 9.07. The fourth-order valence-electron chi connectivity index (χ4n) is 0.949. The molecule has 0 heterocycles. The average molecular weight is 266 g/mol. The Morgan fingerprint density at radius 2 is 1.35 bits per heavy atom. The van der Waals surface area contributed by atoms with Crippen LogP contribution in [0.3, 0.4) is 0 Å². The van der Waals surface area contributed by atoms with Gasteiger partial charge in [-0.25, -0.2) is 4.39 Å². The van der Waals surface area contributed by atoms with Crippen molar-refractivity contribution in [2.45, 2.75) is 38.9 Å². The average Bonchev–Trinajstić information content (AvgIpc) is 2.20. The van der Waals surface area contributed by atoms with Gasteiger partial charge in [0.15, 0.2) is 8.32 Å². The number of hydrogen-bond donors (Lipinski definition) is 0. The molecule has 17 heavy (non-hydrogen) atoms. The second kappa shape index (κ2) is 8.19. The molecule has 5 heteroatoms. The smallest absolute Gasteiger partial charge is 0.192 e. The van der Waals surface area contributed by atoms with Crippen LogP contribution in [0.2, 0.25) is 18.1 Å². The first kappa shape index (κ1) is 17.0. The normalized spacial score (nSPS) is 13.1. The molecule has 0 aliphatic rings. The minimum absolute atomic E-state index is 0.157. The Bertz CT molecular complexity index is 193. The van der Waals surface area contributed by atoms with Crippen LogP contribution in [0.15, 0.2) is 0 Å². The van der Waals surface area contributed by atoms with E-state index in [4.69, 9.17) is 13.9 Å². The van der Waals surface area contributed by atoms with Crippen molar-refractivity contribution in [3.05, 3.63) is 0 Å². The highest BCUT2D eigenvalue weighted by Crippen LogP contribution is 2.36. The molecule has 0 aromatic rings. The lowest BCUT2D eigenvalue weighted by atomic mass is 10.2. The van der Waals surface area contributed by atoms with Crippen molar-refractivity contribution in [1.29, 1.82) is 0 Å². The highest BCUT2D eigenvalue weighted by molar-refractivity contribution is 6.74. The van der Waals surface area contributed by atoms with Crippen LogP contribution in [0.1, 0.15) is 20.8 Å². The summed E-state index contributed by atoms with van der Waals surface area (Å²) in [6, 6.07) is 0. The largest absolute Gasteiger partial charge is 0.414 e. The van der Waals surface area contributed by atoms with Crippen LogP contribution in [-0.4, -0.2) is 48.0 Å². The highest BCUT2D eigenvalue weighted by Gasteiger charge is 2.36. The van der Waals surface area contributed by atoms with Gasteiger partial charge in [0, 0.05) is 0 Å². The van der Waals surface area contributed by atoms with E-state index in [-0.39, 0.29) is 11.6 Å². The third-order valence-electron chi connectivity index (χ3n) is 3.09. The van der Waals surface area contributed by atoms with E-state index in [0.717, 1.165) is 0 Å². The lowest BCUT2D eigenvalue weighted by Crippen LogP contribution is -2.41. The van der Waals surface area contributed by atoms with Crippen LogP contribution >= 0.6 is 0 Å². The van der Waals surface area contributed by atoms with E-state index in [1.165, 1.54) is 0 Å². The summed E-state index contributed by atoms with van der Waals surface area (Å²) < 4.78 is 27.9. The summed E-state index contributed by atoms with van der Waals surface area (Å²) in [5.74, 6) is 0. The third kappa shape index (κ3) is 7.86. The van der Waals surface area contributed by atoms with Crippen molar-refractivity contribution in [2.24, 2.45) is 0 Å². The van der Waals surface area contributed by atoms with Gasteiger partial charge in [-0.1, -0.05) is 20.8 Å². The van der Waals surface area contributed by atoms with Crippen LogP contribution in [-0.2, 0) is 13.9 Å². The summed E-state index contributed by atoms with van der Waals surface area (Å²) in [6.45, 7) is 12.9. The first-order chi connectivity index (χ1) is 7.81. The summed E-state index contributed by atoms with van der Waals surface area (Å²) >= 11 is 0. The van der Waals surface area contributed by atoms with E-state index in [0.29, 0.717) is 26.4 Å². The van der Waals surface area contributed by atoms with Gasteiger partial charge in [0.1, 0.15) is 6.67 Å². The number of rotatable bonds is 9. The highest BCUT2D eigenvalue weighted by atomic mass is 28.4. The predicted molar refractivity (Wildman–Crippen MR) is 70.8 cm³/mol. The maximum absolute atomic E-state index is 11.7. The molecule has 0 aromatic carbocycles. The van der Waals surface area contributed by atoms with Crippen LogP contribution in [0.25, 0.3) is 0 Å². The van der Waals surface area contributed by atoms with Crippen molar-refractivity contribution in [2.75, 3.05) is 39.7 Å². The number of halogens is 1. The second-order valence-electron chi connectivity index (χ2n) is 5.52. The van der Waals surface area contributed by atoms with E-state index in [2.05, 4.69) is 33.9 Å². The molecule has 0 saturated carbocycles. The molecule has 0 spiro atoms. The Balaban J connectivity index is 3.46. The second-order valence-corrected chi connectivity index (χ2v) is 10.3. The van der Waals surface area contributed by atoms with Gasteiger partial charge in [-0.2, -0.15) is 0 Å². The zero-order valence-corrected chi connectivity index (χ0v) is 12.8. The molecule has 0 atom stereocenters. The Hall–Kier alpha value is 0.0269. The van der Waals surface area contributed by atoms with Crippen molar-refractivity contribution in [3.63, 3.8) is 0 Å². The molecular weight excluding hydrogens is 239 g/mol. The zero-order chi connectivity index (χ0) is 13.4. The Kier molecular flexibility index (Phi) is 8.20. The molecule has 0 saturated heterocycles.